The molecule has 2 amide bonds. The molecule has 0 heterocycles. The number of carboxylic acid groups (broad SMARTS) is 1. The molecule has 3 N–H and O–H groups in total. The third-order valence-electron chi connectivity index (χ3n) is 6.58. The van der Waals surface area contributed by atoms with Crippen LogP contribution in [0.5, 0.6) is 0 Å². The molecule has 0 bridgehead atoms. The maximum Gasteiger partial charge on any atom is 0.407 e. The molecule has 2 aliphatic carbocycles. The number of ether oxygens (including phenoxy) is 2. The van der Waals surface area contributed by atoms with Crippen molar-refractivity contribution in [2.24, 2.45) is 5.92 Å². The molecule has 0 saturated heterocycles. The monoisotopic (exact) mass is 478 g/mol. The van der Waals surface area contributed by atoms with Crippen molar-refractivity contribution in [1.29, 1.82) is 0 Å². The quantitative estimate of drug-likeness (QED) is 0.476. The van der Waals surface area contributed by atoms with Crippen LogP contribution in [0.25, 0.3) is 11.1 Å². The summed E-state index contributed by atoms with van der Waals surface area (Å²) >= 11 is 0. The number of fused-ring (bicyclic) bond motifs is 3. The molecule has 2 aromatic carbocycles. The zero-order chi connectivity index (χ0) is 24.8. The molecule has 4 rings (SSSR count). The van der Waals surface area contributed by atoms with E-state index in [0.29, 0.717) is 12.8 Å². The average molecular weight is 479 g/mol. The minimum absolute atomic E-state index is 0.0203. The van der Waals surface area contributed by atoms with Gasteiger partial charge in [0.2, 0.25) is 5.91 Å². The van der Waals surface area contributed by atoms with E-state index in [1.54, 1.807) is 0 Å². The summed E-state index contributed by atoms with van der Waals surface area (Å²) in [5.74, 6) is -1.53. The largest absolute Gasteiger partial charge is 0.481 e. The van der Waals surface area contributed by atoms with Crippen molar-refractivity contribution in [3.63, 3.8) is 0 Å². The van der Waals surface area contributed by atoms with Crippen LogP contribution in [0.4, 0.5) is 4.79 Å². The number of hydrogen-bond donors (Lipinski definition) is 3. The van der Waals surface area contributed by atoms with E-state index < -0.39 is 18.2 Å². The lowest BCUT2D eigenvalue weighted by molar-refractivity contribution is -0.140. The van der Waals surface area contributed by atoms with E-state index >= 15 is 0 Å². The van der Waals surface area contributed by atoms with E-state index in [-0.39, 0.29) is 43.4 Å². The number of alkyl carbamates (subject to hydrolysis) is 1. The number of rotatable bonds is 9. The highest BCUT2D eigenvalue weighted by Crippen LogP contribution is 2.44. The molecule has 3 atom stereocenters. The number of carbonyl (C=O) groups excluding carboxylic acids is 2. The molecule has 184 valence electrons. The van der Waals surface area contributed by atoms with Crippen LogP contribution in [0, 0.1) is 5.92 Å². The summed E-state index contributed by atoms with van der Waals surface area (Å²) in [4.78, 5) is 36.0. The van der Waals surface area contributed by atoms with Crippen LogP contribution >= 0.6 is 0 Å². The Hall–Kier alpha value is -3.65. The van der Waals surface area contributed by atoms with Gasteiger partial charge >= 0.3 is 12.1 Å². The summed E-state index contributed by atoms with van der Waals surface area (Å²) in [6, 6.07) is 16.0. The van der Waals surface area contributed by atoms with Crippen LogP contribution in [0.15, 0.2) is 60.7 Å². The van der Waals surface area contributed by atoms with Crippen LogP contribution in [0.1, 0.15) is 36.3 Å². The molecule has 0 aromatic heterocycles. The van der Waals surface area contributed by atoms with Gasteiger partial charge in [-0.2, -0.15) is 0 Å². The van der Waals surface area contributed by atoms with Crippen molar-refractivity contribution >= 4 is 18.0 Å². The minimum atomic E-state index is -0.987. The molecular formula is C27H30N2O6. The average Bonchev–Trinajstić information content (AvgIpc) is 3.18. The fourth-order valence-corrected chi connectivity index (χ4v) is 4.79. The highest BCUT2D eigenvalue weighted by molar-refractivity contribution is 5.80. The Balaban J connectivity index is 1.28. The number of methoxy groups -OCH3 is 1. The second kappa shape index (κ2) is 11.2. The van der Waals surface area contributed by atoms with Crippen molar-refractivity contribution in [2.45, 2.75) is 37.3 Å². The number of carbonyl (C=O) groups is 3. The molecule has 35 heavy (non-hydrogen) atoms. The summed E-state index contributed by atoms with van der Waals surface area (Å²) in [5, 5.41) is 14.5. The Labute approximate surface area is 204 Å². The maximum absolute atomic E-state index is 12.6. The summed E-state index contributed by atoms with van der Waals surface area (Å²) in [6.07, 6.45) is 3.41. The lowest BCUT2D eigenvalue weighted by Crippen LogP contribution is -2.43. The molecule has 2 aliphatic rings. The number of aliphatic carboxylic acids is 1. The third-order valence-corrected chi connectivity index (χ3v) is 6.58. The molecule has 0 aliphatic heterocycles. The van der Waals surface area contributed by atoms with Gasteiger partial charge in [-0.1, -0.05) is 60.7 Å². The maximum atomic E-state index is 12.6. The Morgan fingerprint density at radius 1 is 1.06 bits per heavy atom. The van der Waals surface area contributed by atoms with Gasteiger partial charge in [0, 0.05) is 25.5 Å². The van der Waals surface area contributed by atoms with Gasteiger partial charge in [0.25, 0.3) is 0 Å². The standard InChI is InChI=1S/C27H30N2O6/c1-34-19(14-25(30)31)15-28-26(32)17-7-6-8-18(13-17)29-27(33)35-16-24-22-11-4-2-9-20(22)21-10-3-5-12-23(21)24/h2-6,8-12,17-19,24H,7,13-16H2,1H3,(H,28,32)(H,29,33)(H,30,31)/t17-,18-,19?/m1/s1. The van der Waals surface area contributed by atoms with Gasteiger partial charge in [0.1, 0.15) is 6.61 Å². The molecule has 0 spiro atoms. The zero-order valence-electron chi connectivity index (χ0n) is 19.6. The van der Waals surface area contributed by atoms with Gasteiger partial charge < -0.3 is 25.2 Å². The predicted molar refractivity (Wildman–Crippen MR) is 130 cm³/mol. The second-order valence-electron chi connectivity index (χ2n) is 8.87. The Morgan fingerprint density at radius 3 is 2.34 bits per heavy atom. The topological polar surface area (TPSA) is 114 Å². The van der Waals surface area contributed by atoms with Crippen LogP contribution in [0.3, 0.4) is 0 Å². The van der Waals surface area contributed by atoms with Gasteiger partial charge in [0.05, 0.1) is 18.6 Å². The summed E-state index contributed by atoms with van der Waals surface area (Å²) in [6.45, 7) is 0.342. The molecule has 2 aromatic rings. The van der Waals surface area contributed by atoms with Crippen LogP contribution in [-0.4, -0.2) is 55.5 Å². The van der Waals surface area contributed by atoms with Crippen LogP contribution < -0.4 is 10.6 Å². The molecule has 0 saturated carbocycles. The van der Waals surface area contributed by atoms with Crippen molar-refractivity contribution < 1.29 is 29.0 Å². The van der Waals surface area contributed by atoms with E-state index in [1.807, 2.05) is 36.4 Å². The van der Waals surface area contributed by atoms with Crippen molar-refractivity contribution in [3.8, 4) is 11.1 Å². The number of allylic oxidation sites excluding steroid dienone is 1. The molecule has 8 nitrogen and oxygen atoms in total. The number of hydrogen-bond acceptors (Lipinski definition) is 5. The number of nitrogens with one attached hydrogen (secondary N) is 2. The first-order chi connectivity index (χ1) is 17.0. The lowest BCUT2D eigenvalue weighted by atomic mass is 9.90. The molecule has 8 heteroatoms. The lowest BCUT2D eigenvalue weighted by Gasteiger charge is -2.25. The zero-order valence-corrected chi connectivity index (χ0v) is 19.6. The highest BCUT2D eigenvalue weighted by atomic mass is 16.5. The first kappa shape index (κ1) is 24.5. The van der Waals surface area contributed by atoms with E-state index in [9.17, 15) is 14.4 Å². The van der Waals surface area contributed by atoms with Crippen LogP contribution in [0.2, 0.25) is 0 Å². The van der Waals surface area contributed by atoms with Crippen molar-refractivity contribution in [3.05, 3.63) is 71.8 Å². The summed E-state index contributed by atoms with van der Waals surface area (Å²) in [5.41, 5.74) is 4.63. The van der Waals surface area contributed by atoms with E-state index in [4.69, 9.17) is 14.6 Å². The van der Waals surface area contributed by atoms with Gasteiger partial charge in [0.15, 0.2) is 0 Å². The third kappa shape index (κ3) is 5.89. The highest BCUT2D eigenvalue weighted by Gasteiger charge is 2.30. The molecule has 1 unspecified atom stereocenters. The van der Waals surface area contributed by atoms with Gasteiger partial charge in [-0.25, -0.2) is 4.79 Å². The fourth-order valence-electron chi connectivity index (χ4n) is 4.79. The first-order valence-corrected chi connectivity index (χ1v) is 11.8. The van der Waals surface area contributed by atoms with Crippen LogP contribution in [-0.2, 0) is 19.1 Å². The SMILES string of the molecule is COC(CNC(=O)[C@@H]1CC=C[C@@H](NC(=O)OCC2c3ccccc3-c3ccccc32)C1)CC(=O)O. The molecular weight excluding hydrogens is 448 g/mol. The predicted octanol–water partition coefficient (Wildman–Crippen LogP) is 3.47. The van der Waals surface area contributed by atoms with Gasteiger partial charge in [-0.3, -0.25) is 9.59 Å². The van der Waals surface area contributed by atoms with Crippen molar-refractivity contribution in [2.75, 3.05) is 20.3 Å². The van der Waals surface area contributed by atoms with E-state index in [2.05, 4.69) is 34.9 Å². The van der Waals surface area contributed by atoms with E-state index in [1.165, 1.54) is 18.2 Å². The summed E-state index contributed by atoms with van der Waals surface area (Å²) in [7, 11) is 1.41. The van der Waals surface area contributed by atoms with Gasteiger partial charge in [-0.15, -0.1) is 0 Å². The molecule has 0 radical (unpaired) electrons. The first-order valence-electron chi connectivity index (χ1n) is 11.8. The Bertz CT molecular complexity index is 1070. The smallest absolute Gasteiger partial charge is 0.407 e. The fraction of sp³-hybridized carbons (Fsp3) is 0.370. The van der Waals surface area contributed by atoms with Gasteiger partial charge in [-0.05, 0) is 35.1 Å². The Morgan fingerprint density at radius 2 is 1.71 bits per heavy atom. The number of carboxylic acids is 1. The van der Waals surface area contributed by atoms with Crippen molar-refractivity contribution in [1.82, 2.24) is 10.6 Å². The molecule has 0 fully saturated rings. The Kier molecular flexibility index (Phi) is 7.82. The number of amides is 2. The van der Waals surface area contributed by atoms with E-state index in [0.717, 1.165) is 11.1 Å². The normalized spacial score (nSPS) is 19.3. The number of benzene rings is 2. The minimum Gasteiger partial charge on any atom is -0.481 e. The second-order valence-corrected chi connectivity index (χ2v) is 8.87. The summed E-state index contributed by atoms with van der Waals surface area (Å²) < 4.78 is 10.7.